The zero-order chi connectivity index (χ0) is 7.28. The molecular weight excluding hydrogens is 140 g/mol. The van der Waals surface area contributed by atoms with Crippen LogP contribution in [0.15, 0.2) is 0 Å². The van der Waals surface area contributed by atoms with Gasteiger partial charge in [0, 0.05) is 6.61 Å². The van der Waals surface area contributed by atoms with Crippen LogP contribution in [0, 0.1) is 0 Å². The lowest BCUT2D eigenvalue weighted by Gasteiger charge is -2.02. The first kappa shape index (κ1) is 8.91. The molecule has 0 aromatic heterocycles. The minimum Gasteiger partial charge on any atom is -0.363 e. The van der Waals surface area contributed by atoms with E-state index in [0.717, 1.165) is 6.42 Å². The van der Waals surface area contributed by atoms with Crippen molar-refractivity contribution in [3.63, 3.8) is 0 Å². The van der Waals surface area contributed by atoms with Crippen molar-refractivity contribution in [2.45, 2.75) is 25.7 Å². The van der Waals surface area contributed by atoms with E-state index in [1.807, 2.05) is 6.92 Å². The summed E-state index contributed by atoms with van der Waals surface area (Å²) < 4.78 is 25.1. The molecule has 9 heavy (non-hydrogen) atoms. The Labute approximate surface area is 57.0 Å². The van der Waals surface area contributed by atoms with Gasteiger partial charge in [-0.25, -0.2) is 8.42 Å². The first-order valence-corrected chi connectivity index (χ1v) is 4.18. The summed E-state index contributed by atoms with van der Waals surface area (Å²) in [5.41, 5.74) is -0.625. The normalized spacial score (nSPS) is 14.1. The Morgan fingerprint density at radius 3 is 2.44 bits per heavy atom. The number of hydrogen-bond acceptors (Lipinski definition) is 3. The molecule has 0 amide bonds. The number of hydrogen-bond donors (Lipinski definition) is 1. The topological polar surface area (TPSA) is 43.4 Å². The molecule has 56 valence electrons. The van der Waals surface area contributed by atoms with Crippen LogP contribution in [0.1, 0.15) is 20.3 Å². The van der Waals surface area contributed by atoms with Gasteiger partial charge in [-0.3, -0.25) is 0 Å². The summed E-state index contributed by atoms with van der Waals surface area (Å²) in [6.45, 7) is 3.98. The molecule has 0 saturated heterocycles. The first-order chi connectivity index (χ1) is 4.18. The van der Waals surface area contributed by atoms with Crippen molar-refractivity contribution in [3.05, 3.63) is 0 Å². The molecule has 4 heteroatoms. The molecule has 3 nitrogen and oxygen atoms in total. The van der Waals surface area contributed by atoms with E-state index in [4.69, 9.17) is 4.74 Å². The van der Waals surface area contributed by atoms with Gasteiger partial charge in [0.25, 0.3) is 0 Å². The van der Waals surface area contributed by atoms with Crippen LogP contribution in [0.25, 0.3) is 0 Å². The molecule has 0 aliphatic carbocycles. The molecule has 0 aromatic carbocycles. The van der Waals surface area contributed by atoms with E-state index < -0.39 is 16.1 Å². The number of thiol groups is 1. The van der Waals surface area contributed by atoms with Crippen LogP contribution in [0.4, 0.5) is 0 Å². The van der Waals surface area contributed by atoms with Crippen LogP contribution in [0.5, 0.6) is 0 Å². The summed E-state index contributed by atoms with van der Waals surface area (Å²) in [4.78, 5) is 0. The Balaban J connectivity index is 3.38. The maximum Gasteiger partial charge on any atom is 0.166 e. The fourth-order valence-corrected chi connectivity index (χ4v) is 0.576. The largest absolute Gasteiger partial charge is 0.363 e. The lowest BCUT2D eigenvalue weighted by Crippen LogP contribution is -2.09. The molecule has 0 rings (SSSR count). The third-order valence-corrected chi connectivity index (χ3v) is 1.60. The van der Waals surface area contributed by atoms with Crippen molar-refractivity contribution < 1.29 is 13.2 Å². The monoisotopic (exact) mass is 152 g/mol. The van der Waals surface area contributed by atoms with Gasteiger partial charge in [-0.15, -0.1) is 0 Å². The van der Waals surface area contributed by atoms with Gasteiger partial charge in [0.2, 0.25) is 0 Å². The molecule has 0 N–H and O–H groups in total. The smallest absolute Gasteiger partial charge is 0.166 e. The average molecular weight is 152 g/mol. The van der Waals surface area contributed by atoms with Gasteiger partial charge in [-0.2, -0.15) is 0 Å². The SMILES string of the molecule is CCCOC(C)[SH](=O)=O. The van der Waals surface area contributed by atoms with Crippen molar-refractivity contribution >= 4 is 10.7 Å². The average Bonchev–Trinajstić information content (AvgIpc) is 1.82. The molecule has 0 aliphatic heterocycles. The van der Waals surface area contributed by atoms with Gasteiger partial charge in [-0.1, -0.05) is 6.92 Å². The summed E-state index contributed by atoms with van der Waals surface area (Å²) in [7, 11) is -2.40. The van der Waals surface area contributed by atoms with Crippen molar-refractivity contribution in [2.75, 3.05) is 6.61 Å². The molecule has 1 unspecified atom stereocenters. The summed E-state index contributed by atoms with van der Waals surface area (Å²) in [5.74, 6) is 0. The maximum absolute atomic E-state index is 10.1. The fraction of sp³-hybridized carbons (Fsp3) is 1.00. The predicted molar refractivity (Wildman–Crippen MR) is 36.0 cm³/mol. The Kier molecular flexibility index (Phi) is 4.71. The van der Waals surface area contributed by atoms with Crippen molar-refractivity contribution in [1.82, 2.24) is 0 Å². The molecule has 0 bridgehead atoms. The second-order valence-corrected chi connectivity index (χ2v) is 3.05. The molecule has 0 spiro atoms. The number of rotatable bonds is 4. The molecule has 0 fully saturated rings. The van der Waals surface area contributed by atoms with E-state index in [9.17, 15) is 8.42 Å². The van der Waals surface area contributed by atoms with Crippen molar-refractivity contribution in [3.8, 4) is 0 Å². The zero-order valence-corrected chi connectivity index (χ0v) is 6.56. The molecule has 0 saturated carbocycles. The Bertz CT molecular complexity index is 122. The van der Waals surface area contributed by atoms with E-state index in [1.54, 1.807) is 0 Å². The highest BCUT2D eigenvalue weighted by molar-refractivity contribution is 7.72. The summed E-state index contributed by atoms with van der Waals surface area (Å²) in [6.07, 6.45) is 0.855. The van der Waals surface area contributed by atoms with Crippen LogP contribution < -0.4 is 0 Å². The summed E-state index contributed by atoms with van der Waals surface area (Å²) in [6, 6.07) is 0. The van der Waals surface area contributed by atoms with Crippen LogP contribution in [-0.4, -0.2) is 20.5 Å². The second-order valence-electron chi connectivity index (χ2n) is 1.76. The first-order valence-electron chi connectivity index (χ1n) is 2.93. The van der Waals surface area contributed by atoms with E-state index in [1.165, 1.54) is 6.92 Å². The van der Waals surface area contributed by atoms with Gasteiger partial charge in [0.15, 0.2) is 16.1 Å². The van der Waals surface area contributed by atoms with Gasteiger partial charge in [0.05, 0.1) is 0 Å². The highest BCUT2D eigenvalue weighted by atomic mass is 32.2. The zero-order valence-electron chi connectivity index (χ0n) is 5.66. The van der Waals surface area contributed by atoms with Crippen LogP contribution >= 0.6 is 0 Å². The highest BCUT2D eigenvalue weighted by Crippen LogP contribution is 1.91. The Hall–Kier alpha value is -0.0900. The quantitative estimate of drug-likeness (QED) is 0.592. The third kappa shape index (κ3) is 4.42. The van der Waals surface area contributed by atoms with Crippen molar-refractivity contribution in [2.24, 2.45) is 0 Å². The standard InChI is InChI=1S/C5H12O3S/c1-3-4-8-5(2)9(6)7/h5,9H,3-4H2,1-2H3. The van der Waals surface area contributed by atoms with Gasteiger partial charge in [-0.05, 0) is 13.3 Å². The Morgan fingerprint density at radius 1 is 1.56 bits per heavy atom. The van der Waals surface area contributed by atoms with E-state index in [0.29, 0.717) is 6.61 Å². The predicted octanol–water partition coefficient (Wildman–Crippen LogP) is 0.370. The van der Waals surface area contributed by atoms with Gasteiger partial charge in [0.1, 0.15) is 0 Å². The molecule has 0 aromatic rings. The van der Waals surface area contributed by atoms with Crippen LogP contribution in [0.3, 0.4) is 0 Å². The fourth-order valence-electron chi connectivity index (χ4n) is 0.349. The Morgan fingerprint density at radius 2 is 2.11 bits per heavy atom. The van der Waals surface area contributed by atoms with Crippen LogP contribution in [-0.2, 0) is 15.4 Å². The molecule has 0 aliphatic rings. The molecule has 1 atom stereocenters. The van der Waals surface area contributed by atoms with E-state index >= 15 is 0 Å². The van der Waals surface area contributed by atoms with Crippen molar-refractivity contribution in [1.29, 1.82) is 0 Å². The highest BCUT2D eigenvalue weighted by Gasteiger charge is 2.00. The van der Waals surface area contributed by atoms with Crippen LogP contribution in [0.2, 0.25) is 0 Å². The molecule has 0 radical (unpaired) electrons. The van der Waals surface area contributed by atoms with Gasteiger partial charge < -0.3 is 4.74 Å². The second kappa shape index (κ2) is 4.76. The molecule has 0 heterocycles. The summed E-state index contributed by atoms with van der Waals surface area (Å²) >= 11 is 0. The third-order valence-electron chi connectivity index (χ3n) is 0.860. The van der Waals surface area contributed by atoms with Gasteiger partial charge >= 0.3 is 0 Å². The number of ether oxygens (including phenoxy) is 1. The maximum atomic E-state index is 10.1. The summed E-state index contributed by atoms with van der Waals surface area (Å²) in [5, 5.41) is 0. The lowest BCUT2D eigenvalue weighted by molar-refractivity contribution is 0.120. The minimum atomic E-state index is -2.40. The lowest BCUT2D eigenvalue weighted by atomic mass is 10.5. The minimum absolute atomic E-state index is 0.518. The van der Waals surface area contributed by atoms with E-state index in [2.05, 4.69) is 0 Å². The van der Waals surface area contributed by atoms with E-state index in [-0.39, 0.29) is 0 Å². The molecular formula is C5H12O3S.